The van der Waals surface area contributed by atoms with E-state index in [1.807, 2.05) is 18.5 Å². The van der Waals surface area contributed by atoms with Crippen LogP contribution < -0.4 is 4.74 Å². The SMILES string of the molecule is Cc1cc2c3c(cncc3c1)C=CCO2. The largest absolute Gasteiger partial charge is 0.489 e. The van der Waals surface area contributed by atoms with Gasteiger partial charge in [0.15, 0.2) is 0 Å². The van der Waals surface area contributed by atoms with E-state index >= 15 is 0 Å². The van der Waals surface area contributed by atoms with Gasteiger partial charge in [0.2, 0.25) is 0 Å². The molecule has 2 nitrogen and oxygen atoms in total. The van der Waals surface area contributed by atoms with Gasteiger partial charge in [-0.05, 0) is 30.7 Å². The number of nitrogens with zero attached hydrogens (tertiary/aromatic N) is 1. The molecule has 2 heteroatoms. The van der Waals surface area contributed by atoms with Gasteiger partial charge in [0.05, 0.1) is 0 Å². The molecule has 74 valence electrons. The van der Waals surface area contributed by atoms with Gasteiger partial charge in [-0.2, -0.15) is 0 Å². The maximum absolute atomic E-state index is 5.69. The predicted molar refractivity (Wildman–Crippen MR) is 61.0 cm³/mol. The summed E-state index contributed by atoms with van der Waals surface area (Å²) in [5, 5.41) is 2.32. The van der Waals surface area contributed by atoms with Crippen molar-refractivity contribution in [2.75, 3.05) is 6.61 Å². The van der Waals surface area contributed by atoms with E-state index in [9.17, 15) is 0 Å². The number of ether oxygens (including phenoxy) is 1. The van der Waals surface area contributed by atoms with Crippen molar-refractivity contribution < 1.29 is 4.74 Å². The maximum Gasteiger partial charge on any atom is 0.128 e. The van der Waals surface area contributed by atoms with Crippen LogP contribution in [-0.2, 0) is 0 Å². The number of aryl methyl sites for hydroxylation is 1. The summed E-state index contributed by atoms with van der Waals surface area (Å²) < 4.78 is 5.69. The Kier molecular flexibility index (Phi) is 1.75. The Morgan fingerprint density at radius 2 is 2.20 bits per heavy atom. The van der Waals surface area contributed by atoms with Crippen LogP contribution in [0, 0.1) is 6.92 Å². The van der Waals surface area contributed by atoms with Crippen LogP contribution in [0.25, 0.3) is 16.8 Å². The fraction of sp³-hybridized carbons (Fsp3) is 0.154. The zero-order chi connectivity index (χ0) is 10.3. The zero-order valence-electron chi connectivity index (χ0n) is 8.53. The monoisotopic (exact) mass is 197 g/mol. The van der Waals surface area contributed by atoms with Crippen LogP contribution in [0.15, 0.2) is 30.6 Å². The number of hydrogen-bond donors (Lipinski definition) is 0. The molecule has 1 aromatic heterocycles. The third-order valence-corrected chi connectivity index (χ3v) is 2.63. The van der Waals surface area contributed by atoms with Crippen LogP contribution in [0.2, 0.25) is 0 Å². The molecular formula is C13H11NO. The zero-order valence-corrected chi connectivity index (χ0v) is 8.53. The van der Waals surface area contributed by atoms with Crippen molar-refractivity contribution in [2.45, 2.75) is 6.92 Å². The van der Waals surface area contributed by atoms with E-state index in [2.05, 4.69) is 30.1 Å². The molecule has 0 unspecified atom stereocenters. The van der Waals surface area contributed by atoms with Crippen molar-refractivity contribution in [3.63, 3.8) is 0 Å². The molecule has 0 spiro atoms. The topological polar surface area (TPSA) is 22.1 Å². The minimum Gasteiger partial charge on any atom is -0.489 e. The fourth-order valence-electron chi connectivity index (χ4n) is 2.01. The van der Waals surface area contributed by atoms with Crippen LogP contribution in [0.5, 0.6) is 5.75 Å². The van der Waals surface area contributed by atoms with Gasteiger partial charge in [0, 0.05) is 28.7 Å². The van der Waals surface area contributed by atoms with E-state index in [0.29, 0.717) is 6.61 Å². The predicted octanol–water partition coefficient (Wildman–Crippen LogP) is 2.95. The summed E-state index contributed by atoms with van der Waals surface area (Å²) in [6.07, 6.45) is 7.86. The van der Waals surface area contributed by atoms with Crippen molar-refractivity contribution in [1.29, 1.82) is 0 Å². The average Bonchev–Trinajstić information content (AvgIpc) is 2.42. The molecule has 0 radical (unpaired) electrons. The van der Waals surface area contributed by atoms with Gasteiger partial charge < -0.3 is 4.74 Å². The highest BCUT2D eigenvalue weighted by Gasteiger charge is 2.09. The minimum absolute atomic E-state index is 0.632. The van der Waals surface area contributed by atoms with Crippen molar-refractivity contribution in [3.8, 4) is 5.75 Å². The molecule has 1 aliphatic heterocycles. The second kappa shape index (κ2) is 3.09. The first-order valence-electron chi connectivity index (χ1n) is 5.02. The summed E-state index contributed by atoms with van der Waals surface area (Å²) in [5.74, 6) is 0.965. The Labute approximate surface area is 88.2 Å². The van der Waals surface area contributed by atoms with Gasteiger partial charge in [0.1, 0.15) is 12.4 Å². The maximum atomic E-state index is 5.69. The lowest BCUT2D eigenvalue weighted by Crippen LogP contribution is -1.93. The Bertz CT molecular complexity index is 558. The second-order valence-corrected chi connectivity index (χ2v) is 3.80. The minimum atomic E-state index is 0.632. The van der Waals surface area contributed by atoms with E-state index in [1.54, 1.807) is 0 Å². The lowest BCUT2D eigenvalue weighted by Gasteiger charge is -2.08. The highest BCUT2D eigenvalue weighted by molar-refractivity contribution is 5.95. The van der Waals surface area contributed by atoms with Gasteiger partial charge in [-0.3, -0.25) is 4.98 Å². The standard InChI is InChI=1S/C13H11NO/c1-9-5-11-8-14-7-10-3-2-4-15-12(6-9)13(10)11/h2-3,5-8H,4H2,1H3. The molecule has 1 aliphatic rings. The van der Waals surface area contributed by atoms with Crippen LogP contribution in [0.1, 0.15) is 11.1 Å². The average molecular weight is 197 g/mol. The van der Waals surface area contributed by atoms with E-state index in [1.165, 1.54) is 10.9 Å². The number of benzene rings is 1. The van der Waals surface area contributed by atoms with Crippen LogP contribution >= 0.6 is 0 Å². The normalized spacial score (nSPS) is 13.7. The lowest BCUT2D eigenvalue weighted by molar-refractivity contribution is 0.368. The molecule has 2 heterocycles. The van der Waals surface area contributed by atoms with Gasteiger partial charge >= 0.3 is 0 Å². The Balaban J connectivity index is 2.48. The number of aromatic nitrogens is 1. The third-order valence-electron chi connectivity index (χ3n) is 2.63. The summed E-state index contributed by atoms with van der Waals surface area (Å²) in [6.45, 7) is 2.71. The van der Waals surface area contributed by atoms with E-state index in [0.717, 1.165) is 16.7 Å². The van der Waals surface area contributed by atoms with E-state index < -0.39 is 0 Å². The van der Waals surface area contributed by atoms with Crippen LogP contribution in [0.4, 0.5) is 0 Å². The molecule has 15 heavy (non-hydrogen) atoms. The summed E-state index contributed by atoms with van der Waals surface area (Å²) >= 11 is 0. The molecule has 0 bridgehead atoms. The summed E-state index contributed by atoms with van der Waals surface area (Å²) in [4.78, 5) is 4.23. The number of pyridine rings is 1. The molecule has 0 fully saturated rings. The highest BCUT2D eigenvalue weighted by atomic mass is 16.5. The van der Waals surface area contributed by atoms with Crippen LogP contribution in [0.3, 0.4) is 0 Å². The first-order valence-corrected chi connectivity index (χ1v) is 5.02. The second-order valence-electron chi connectivity index (χ2n) is 3.80. The Morgan fingerprint density at radius 3 is 3.13 bits per heavy atom. The van der Waals surface area contributed by atoms with Gasteiger partial charge in [0.25, 0.3) is 0 Å². The number of hydrogen-bond acceptors (Lipinski definition) is 2. The molecule has 0 aliphatic carbocycles. The first kappa shape index (κ1) is 8.48. The number of rotatable bonds is 0. The van der Waals surface area contributed by atoms with Crippen LogP contribution in [-0.4, -0.2) is 11.6 Å². The fourth-order valence-corrected chi connectivity index (χ4v) is 2.01. The van der Waals surface area contributed by atoms with Gasteiger partial charge in [-0.25, -0.2) is 0 Å². The summed E-state index contributed by atoms with van der Waals surface area (Å²) in [6, 6.07) is 4.22. The summed E-state index contributed by atoms with van der Waals surface area (Å²) in [7, 11) is 0. The van der Waals surface area contributed by atoms with Gasteiger partial charge in [-0.15, -0.1) is 0 Å². The smallest absolute Gasteiger partial charge is 0.128 e. The molecule has 0 amide bonds. The Hall–Kier alpha value is -1.83. The first-order chi connectivity index (χ1) is 7.34. The van der Waals surface area contributed by atoms with Gasteiger partial charge in [-0.1, -0.05) is 6.08 Å². The Morgan fingerprint density at radius 1 is 1.27 bits per heavy atom. The quantitative estimate of drug-likeness (QED) is 0.647. The molecule has 0 N–H and O–H groups in total. The lowest BCUT2D eigenvalue weighted by atomic mass is 10.0. The molecule has 3 rings (SSSR count). The molecule has 2 aromatic rings. The van der Waals surface area contributed by atoms with Crippen molar-refractivity contribution >= 4 is 16.8 Å². The molecule has 0 saturated carbocycles. The highest BCUT2D eigenvalue weighted by Crippen LogP contribution is 2.32. The summed E-state index contributed by atoms with van der Waals surface area (Å²) in [5.41, 5.74) is 2.35. The van der Waals surface area contributed by atoms with Crippen molar-refractivity contribution in [2.24, 2.45) is 0 Å². The molecule has 1 aromatic carbocycles. The third kappa shape index (κ3) is 1.30. The molecule has 0 saturated heterocycles. The van der Waals surface area contributed by atoms with E-state index in [-0.39, 0.29) is 0 Å². The van der Waals surface area contributed by atoms with Crippen molar-refractivity contribution in [3.05, 3.63) is 41.7 Å². The van der Waals surface area contributed by atoms with E-state index in [4.69, 9.17) is 4.74 Å². The molecular weight excluding hydrogens is 186 g/mol. The molecule has 0 atom stereocenters. The van der Waals surface area contributed by atoms with Crippen molar-refractivity contribution in [1.82, 2.24) is 4.98 Å².